The Balaban J connectivity index is 1.84. The van der Waals surface area contributed by atoms with Crippen LogP contribution < -0.4 is 15.0 Å². The van der Waals surface area contributed by atoms with Crippen molar-refractivity contribution >= 4 is 23.2 Å². The van der Waals surface area contributed by atoms with Crippen molar-refractivity contribution < 1.29 is 14.3 Å². The van der Waals surface area contributed by atoms with E-state index in [-0.39, 0.29) is 11.8 Å². The molecule has 1 aliphatic rings. The maximum absolute atomic E-state index is 12.7. The number of amides is 2. The first kappa shape index (κ1) is 17.0. The lowest BCUT2D eigenvalue weighted by atomic mass is 10.1. The fourth-order valence-corrected chi connectivity index (χ4v) is 3.13. The largest absolute Gasteiger partial charge is 0.497 e. The average molecular weight is 338 g/mol. The van der Waals surface area contributed by atoms with Gasteiger partial charge in [-0.3, -0.25) is 14.5 Å². The first-order chi connectivity index (χ1) is 12.1. The highest BCUT2D eigenvalue weighted by Gasteiger charge is 2.30. The summed E-state index contributed by atoms with van der Waals surface area (Å²) >= 11 is 0. The SMILES string of the molecule is COc1cccc(NC(=O)C(C)N2C(=O)CCCc3ccccc32)c1. The van der Waals surface area contributed by atoms with E-state index < -0.39 is 6.04 Å². The van der Waals surface area contributed by atoms with Crippen LogP contribution in [-0.4, -0.2) is 25.0 Å². The van der Waals surface area contributed by atoms with Gasteiger partial charge in [0.05, 0.1) is 7.11 Å². The summed E-state index contributed by atoms with van der Waals surface area (Å²) in [6.07, 6.45) is 2.10. The number of nitrogens with zero attached hydrogens (tertiary/aromatic N) is 1. The molecule has 1 unspecified atom stereocenters. The summed E-state index contributed by atoms with van der Waals surface area (Å²) < 4.78 is 5.18. The fourth-order valence-electron chi connectivity index (χ4n) is 3.13. The molecule has 5 nitrogen and oxygen atoms in total. The molecule has 0 radical (unpaired) electrons. The van der Waals surface area contributed by atoms with Crippen molar-refractivity contribution in [2.24, 2.45) is 0 Å². The van der Waals surface area contributed by atoms with Crippen LogP contribution in [0, 0.1) is 0 Å². The standard InChI is InChI=1S/C20H22N2O3/c1-14(20(24)21-16-9-6-10-17(13-16)25-2)22-18-11-4-3-7-15(18)8-5-12-19(22)23/h3-4,6-7,9-11,13-14H,5,8,12H2,1-2H3,(H,21,24). The van der Waals surface area contributed by atoms with Gasteiger partial charge in [-0.05, 0) is 43.5 Å². The molecule has 0 spiro atoms. The second-order valence-corrected chi connectivity index (χ2v) is 6.14. The zero-order chi connectivity index (χ0) is 17.8. The van der Waals surface area contributed by atoms with Gasteiger partial charge in [0.2, 0.25) is 11.8 Å². The number of para-hydroxylation sites is 1. The first-order valence-electron chi connectivity index (χ1n) is 8.45. The Morgan fingerprint density at radius 3 is 2.76 bits per heavy atom. The number of anilines is 2. The highest BCUT2D eigenvalue weighted by Crippen LogP contribution is 2.29. The minimum atomic E-state index is -0.599. The number of aryl methyl sites for hydroxylation is 1. The van der Waals surface area contributed by atoms with Gasteiger partial charge in [0.25, 0.3) is 0 Å². The number of rotatable bonds is 4. The Morgan fingerprint density at radius 1 is 1.16 bits per heavy atom. The Labute approximate surface area is 147 Å². The normalized spacial score (nSPS) is 15.1. The van der Waals surface area contributed by atoms with Crippen molar-refractivity contribution in [3.05, 3.63) is 54.1 Å². The smallest absolute Gasteiger partial charge is 0.247 e. The minimum Gasteiger partial charge on any atom is -0.497 e. The summed E-state index contributed by atoms with van der Waals surface area (Å²) in [6.45, 7) is 1.76. The molecule has 0 bridgehead atoms. The van der Waals surface area contributed by atoms with E-state index in [1.54, 1.807) is 31.1 Å². The van der Waals surface area contributed by atoms with E-state index in [0.29, 0.717) is 17.9 Å². The predicted molar refractivity (Wildman–Crippen MR) is 98.0 cm³/mol. The third kappa shape index (κ3) is 3.65. The van der Waals surface area contributed by atoms with Crippen LogP contribution in [0.15, 0.2) is 48.5 Å². The second-order valence-electron chi connectivity index (χ2n) is 6.14. The van der Waals surface area contributed by atoms with Gasteiger partial charge >= 0.3 is 0 Å². The van der Waals surface area contributed by atoms with Crippen LogP contribution in [0.1, 0.15) is 25.3 Å². The van der Waals surface area contributed by atoms with E-state index >= 15 is 0 Å². The van der Waals surface area contributed by atoms with Crippen molar-refractivity contribution in [2.45, 2.75) is 32.2 Å². The molecule has 1 atom stereocenters. The number of hydrogen-bond donors (Lipinski definition) is 1. The van der Waals surface area contributed by atoms with Crippen molar-refractivity contribution in [3.8, 4) is 5.75 Å². The molecule has 2 aromatic carbocycles. The highest BCUT2D eigenvalue weighted by atomic mass is 16.5. The van der Waals surface area contributed by atoms with E-state index in [2.05, 4.69) is 5.32 Å². The molecule has 2 amide bonds. The van der Waals surface area contributed by atoms with Crippen LogP contribution in [0.3, 0.4) is 0 Å². The van der Waals surface area contributed by atoms with E-state index in [1.807, 2.05) is 36.4 Å². The third-order valence-electron chi connectivity index (χ3n) is 4.46. The van der Waals surface area contributed by atoms with Crippen LogP contribution in [-0.2, 0) is 16.0 Å². The molecular formula is C20H22N2O3. The molecule has 0 saturated heterocycles. The van der Waals surface area contributed by atoms with Crippen LogP contribution in [0.5, 0.6) is 5.75 Å². The Kier molecular flexibility index (Phi) is 5.03. The minimum absolute atomic E-state index is 0.0155. The van der Waals surface area contributed by atoms with Crippen LogP contribution >= 0.6 is 0 Å². The van der Waals surface area contributed by atoms with Gasteiger partial charge in [-0.15, -0.1) is 0 Å². The Hall–Kier alpha value is -2.82. The van der Waals surface area contributed by atoms with E-state index in [0.717, 1.165) is 24.1 Å². The molecule has 5 heteroatoms. The van der Waals surface area contributed by atoms with Crippen LogP contribution in [0.25, 0.3) is 0 Å². The quantitative estimate of drug-likeness (QED) is 0.929. The maximum atomic E-state index is 12.7. The van der Waals surface area contributed by atoms with Gasteiger partial charge in [-0.1, -0.05) is 24.3 Å². The van der Waals surface area contributed by atoms with E-state index in [1.165, 1.54) is 0 Å². The molecule has 0 aliphatic carbocycles. The van der Waals surface area contributed by atoms with Gasteiger partial charge in [0, 0.05) is 23.9 Å². The molecule has 3 rings (SSSR count). The van der Waals surface area contributed by atoms with Gasteiger partial charge in [0.1, 0.15) is 11.8 Å². The van der Waals surface area contributed by atoms with Crippen molar-refractivity contribution in [1.82, 2.24) is 0 Å². The number of fused-ring (bicyclic) bond motifs is 1. The van der Waals surface area contributed by atoms with E-state index in [4.69, 9.17) is 4.74 Å². The lowest BCUT2D eigenvalue weighted by molar-refractivity contribution is -0.123. The summed E-state index contributed by atoms with van der Waals surface area (Å²) in [5.41, 5.74) is 2.58. The monoisotopic (exact) mass is 338 g/mol. The van der Waals surface area contributed by atoms with Crippen molar-refractivity contribution in [1.29, 1.82) is 0 Å². The second kappa shape index (κ2) is 7.38. The lowest BCUT2D eigenvalue weighted by Crippen LogP contribution is -2.45. The predicted octanol–water partition coefficient (Wildman–Crippen LogP) is 3.39. The molecule has 0 fully saturated rings. The number of benzene rings is 2. The Morgan fingerprint density at radius 2 is 1.96 bits per heavy atom. The summed E-state index contributed by atoms with van der Waals surface area (Å²) in [5.74, 6) is 0.429. The van der Waals surface area contributed by atoms with Gasteiger partial charge in [0.15, 0.2) is 0 Å². The topological polar surface area (TPSA) is 58.6 Å². The van der Waals surface area contributed by atoms with E-state index in [9.17, 15) is 9.59 Å². The van der Waals surface area contributed by atoms with Crippen LogP contribution in [0.2, 0.25) is 0 Å². The van der Waals surface area contributed by atoms with Gasteiger partial charge < -0.3 is 10.1 Å². The van der Waals surface area contributed by atoms with Crippen molar-refractivity contribution in [2.75, 3.05) is 17.3 Å². The molecule has 0 aromatic heterocycles. The first-order valence-corrected chi connectivity index (χ1v) is 8.45. The molecule has 2 aromatic rings. The van der Waals surface area contributed by atoms with Gasteiger partial charge in [-0.25, -0.2) is 0 Å². The van der Waals surface area contributed by atoms with Crippen molar-refractivity contribution in [3.63, 3.8) is 0 Å². The number of carbonyl (C=O) groups is 2. The van der Waals surface area contributed by atoms with Crippen LogP contribution in [0.4, 0.5) is 11.4 Å². The summed E-state index contributed by atoms with van der Waals surface area (Å²) in [6, 6.07) is 14.4. The summed E-state index contributed by atoms with van der Waals surface area (Å²) in [4.78, 5) is 27.0. The number of ether oxygens (including phenoxy) is 1. The zero-order valence-electron chi connectivity index (χ0n) is 14.5. The number of nitrogens with one attached hydrogen (secondary N) is 1. The molecule has 1 N–H and O–H groups in total. The molecule has 1 aliphatic heterocycles. The maximum Gasteiger partial charge on any atom is 0.247 e. The number of hydrogen-bond acceptors (Lipinski definition) is 3. The number of methoxy groups -OCH3 is 1. The summed E-state index contributed by atoms with van der Waals surface area (Å²) in [5, 5.41) is 2.87. The van der Waals surface area contributed by atoms with Gasteiger partial charge in [-0.2, -0.15) is 0 Å². The molecular weight excluding hydrogens is 316 g/mol. The Bertz CT molecular complexity index is 788. The molecule has 0 saturated carbocycles. The zero-order valence-corrected chi connectivity index (χ0v) is 14.5. The summed E-state index contributed by atoms with van der Waals surface area (Å²) in [7, 11) is 1.58. The lowest BCUT2D eigenvalue weighted by Gasteiger charge is -2.28. The average Bonchev–Trinajstić information content (AvgIpc) is 2.79. The molecule has 1 heterocycles. The fraction of sp³-hybridized carbons (Fsp3) is 0.300. The number of carbonyl (C=O) groups excluding carboxylic acids is 2. The highest BCUT2D eigenvalue weighted by molar-refractivity contribution is 6.05. The molecule has 130 valence electrons. The molecule has 25 heavy (non-hydrogen) atoms. The third-order valence-corrected chi connectivity index (χ3v) is 4.46.